The first-order valence-corrected chi connectivity index (χ1v) is 7.51. The van der Waals surface area contributed by atoms with Crippen LogP contribution in [-0.4, -0.2) is 34.9 Å². The maximum atomic E-state index is 12.3. The number of aromatic nitrogens is 1. The Morgan fingerprint density at radius 1 is 1.39 bits per heavy atom. The number of hydrogen-bond donors (Lipinski definition) is 1. The van der Waals surface area contributed by atoms with Crippen LogP contribution in [0.15, 0.2) is 28.7 Å². The Bertz CT molecular complexity index is 614. The van der Waals surface area contributed by atoms with Crippen LogP contribution in [0.4, 0.5) is 0 Å². The molecule has 1 saturated heterocycles. The quantitative estimate of drug-likeness (QED) is 0.910. The zero-order valence-corrected chi connectivity index (χ0v) is 14.7. The van der Waals surface area contributed by atoms with Gasteiger partial charge in [-0.2, -0.15) is 0 Å². The van der Waals surface area contributed by atoms with Crippen LogP contribution in [0, 0.1) is 5.92 Å². The van der Waals surface area contributed by atoms with Crippen molar-refractivity contribution in [3.8, 4) is 0 Å². The van der Waals surface area contributed by atoms with E-state index in [0.717, 1.165) is 24.1 Å². The number of hydrogen-bond acceptors (Lipinski definition) is 4. The van der Waals surface area contributed by atoms with E-state index in [-0.39, 0.29) is 36.8 Å². The van der Waals surface area contributed by atoms with Gasteiger partial charge in [-0.1, -0.05) is 12.1 Å². The number of nitrogens with zero attached hydrogens (tertiary/aromatic N) is 2. The molecule has 2 aromatic rings. The number of para-hydroxylation sites is 2. The molecular weight excluding hydrogens is 337 g/mol. The van der Waals surface area contributed by atoms with E-state index in [1.54, 1.807) is 0 Å². The number of likely N-dealkylation sites (tertiary alicyclic amines) is 1. The third kappa shape index (κ3) is 4.37. The number of fused-ring (bicyclic) bond motifs is 1. The lowest BCUT2D eigenvalue weighted by Gasteiger charge is -2.21. The lowest BCUT2D eigenvalue weighted by molar-refractivity contribution is -0.131. The fraction of sp³-hybridized carbons (Fsp3) is 0.500. The van der Waals surface area contributed by atoms with Crippen LogP contribution in [0.3, 0.4) is 0 Å². The van der Waals surface area contributed by atoms with Gasteiger partial charge < -0.3 is 15.1 Å². The molecule has 1 aromatic heterocycles. The van der Waals surface area contributed by atoms with Gasteiger partial charge in [-0.05, 0) is 37.9 Å². The van der Waals surface area contributed by atoms with Crippen molar-refractivity contribution in [2.24, 2.45) is 11.7 Å². The number of halogens is 2. The molecule has 1 aliphatic heterocycles. The standard InChI is InChI=1S/C16H21N3O2.2ClH/c1-11-8-12(9-17)10-19(11)16(20)7-6-15-18-13-4-2-3-5-14(13)21-15;;/h2-5,11-12H,6-10,17H2,1H3;2*1H. The average Bonchev–Trinajstić information content (AvgIpc) is 3.07. The van der Waals surface area contributed by atoms with Crippen LogP contribution in [0.25, 0.3) is 11.1 Å². The van der Waals surface area contributed by atoms with E-state index >= 15 is 0 Å². The SMILES string of the molecule is CC1CC(CN)CN1C(=O)CCc1nc2ccccc2o1.Cl.Cl. The summed E-state index contributed by atoms with van der Waals surface area (Å²) in [5.74, 6) is 1.24. The van der Waals surface area contributed by atoms with E-state index in [9.17, 15) is 4.79 Å². The van der Waals surface area contributed by atoms with Crippen molar-refractivity contribution in [3.05, 3.63) is 30.2 Å². The zero-order valence-electron chi connectivity index (χ0n) is 13.1. The molecule has 23 heavy (non-hydrogen) atoms. The van der Waals surface area contributed by atoms with Crippen molar-refractivity contribution in [1.29, 1.82) is 0 Å². The Balaban J connectivity index is 0.00000132. The summed E-state index contributed by atoms with van der Waals surface area (Å²) in [6.45, 7) is 3.52. The van der Waals surface area contributed by atoms with E-state index in [4.69, 9.17) is 10.2 Å². The number of carbonyl (C=O) groups is 1. The molecule has 7 heteroatoms. The van der Waals surface area contributed by atoms with Crippen molar-refractivity contribution in [1.82, 2.24) is 9.88 Å². The molecule has 2 N–H and O–H groups in total. The highest BCUT2D eigenvalue weighted by molar-refractivity contribution is 5.85. The van der Waals surface area contributed by atoms with Gasteiger partial charge in [0.05, 0.1) is 0 Å². The maximum Gasteiger partial charge on any atom is 0.223 e. The first-order chi connectivity index (χ1) is 10.2. The minimum Gasteiger partial charge on any atom is -0.441 e. The van der Waals surface area contributed by atoms with Crippen molar-refractivity contribution < 1.29 is 9.21 Å². The van der Waals surface area contributed by atoms with Gasteiger partial charge >= 0.3 is 0 Å². The Hall–Kier alpha value is -1.30. The van der Waals surface area contributed by atoms with Gasteiger partial charge in [-0.15, -0.1) is 24.8 Å². The van der Waals surface area contributed by atoms with Crippen LogP contribution in [0.1, 0.15) is 25.7 Å². The van der Waals surface area contributed by atoms with Crippen molar-refractivity contribution >= 4 is 41.8 Å². The molecule has 0 aliphatic carbocycles. The monoisotopic (exact) mass is 359 g/mol. The van der Waals surface area contributed by atoms with Gasteiger partial charge in [-0.25, -0.2) is 4.98 Å². The molecule has 1 amide bonds. The molecule has 128 valence electrons. The molecule has 1 aromatic carbocycles. The van der Waals surface area contributed by atoms with Crippen molar-refractivity contribution in [2.75, 3.05) is 13.1 Å². The Labute approximate surface area is 148 Å². The number of amides is 1. The molecule has 2 heterocycles. The summed E-state index contributed by atoms with van der Waals surface area (Å²) in [6.07, 6.45) is 1.99. The molecule has 2 unspecified atom stereocenters. The van der Waals surface area contributed by atoms with Gasteiger partial charge in [0.1, 0.15) is 5.52 Å². The van der Waals surface area contributed by atoms with Crippen LogP contribution in [-0.2, 0) is 11.2 Å². The summed E-state index contributed by atoms with van der Waals surface area (Å²) in [5.41, 5.74) is 7.32. The third-order valence-electron chi connectivity index (χ3n) is 4.21. The largest absolute Gasteiger partial charge is 0.441 e. The van der Waals surface area contributed by atoms with Gasteiger partial charge in [0, 0.05) is 25.4 Å². The number of benzene rings is 1. The molecule has 0 radical (unpaired) electrons. The molecule has 3 rings (SSSR count). The van der Waals surface area contributed by atoms with E-state index in [1.165, 1.54) is 0 Å². The highest BCUT2D eigenvalue weighted by Crippen LogP contribution is 2.23. The number of carbonyl (C=O) groups excluding carboxylic acids is 1. The van der Waals surface area contributed by atoms with Gasteiger partial charge in [0.15, 0.2) is 11.5 Å². The lowest BCUT2D eigenvalue weighted by Crippen LogP contribution is -2.34. The van der Waals surface area contributed by atoms with Crippen LogP contribution in [0.2, 0.25) is 0 Å². The predicted molar refractivity (Wildman–Crippen MR) is 95.2 cm³/mol. The number of rotatable bonds is 4. The minimum absolute atomic E-state index is 0. The predicted octanol–water partition coefficient (Wildman–Crippen LogP) is 2.80. The van der Waals surface area contributed by atoms with E-state index in [1.807, 2.05) is 29.2 Å². The summed E-state index contributed by atoms with van der Waals surface area (Å²) in [5, 5.41) is 0. The second-order valence-corrected chi connectivity index (χ2v) is 5.81. The highest BCUT2D eigenvalue weighted by atomic mass is 35.5. The average molecular weight is 360 g/mol. The summed E-state index contributed by atoms with van der Waals surface area (Å²) in [7, 11) is 0. The summed E-state index contributed by atoms with van der Waals surface area (Å²) in [6, 6.07) is 7.94. The van der Waals surface area contributed by atoms with Gasteiger partial charge in [0.2, 0.25) is 5.91 Å². The van der Waals surface area contributed by atoms with Crippen LogP contribution < -0.4 is 5.73 Å². The van der Waals surface area contributed by atoms with Gasteiger partial charge in [-0.3, -0.25) is 4.79 Å². The lowest BCUT2D eigenvalue weighted by atomic mass is 10.1. The summed E-state index contributed by atoms with van der Waals surface area (Å²) >= 11 is 0. The van der Waals surface area contributed by atoms with Crippen LogP contribution in [0.5, 0.6) is 0 Å². The normalized spacial score (nSPS) is 20.2. The molecule has 1 fully saturated rings. The van der Waals surface area contributed by atoms with Crippen molar-refractivity contribution in [2.45, 2.75) is 32.2 Å². The second kappa shape index (κ2) is 8.52. The Morgan fingerprint density at radius 3 is 2.78 bits per heavy atom. The first kappa shape index (κ1) is 19.7. The van der Waals surface area contributed by atoms with Crippen LogP contribution >= 0.6 is 24.8 Å². The topological polar surface area (TPSA) is 72.4 Å². The fourth-order valence-electron chi connectivity index (χ4n) is 3.05. The molecule has 0 saturated carbocycles. The number of aryl methyl sites for hydroxylation is 1. The minimum atomic E-state index is 0. The number of nitrogens with two attached hydrogens (primary N) is 1. The zero-order chi connectivity index (χ0) is 14.8. The fourth-order valence-corrected chi connectivity index (χ4v) is 3.05. The van der Waals surface area contributed by atoms with Gasteiger partial charge in [0.25, 0.3) is 0 Å². The third-order valence-corrected chi connectivity index (χ3v) is 4.21. The maximum absolute atomic E-state index is 12.3. The molecule has 5 nitrogen and oxygen atoms in total. The van der Waals surface area contributed by atoms with Crippen molar-refractivity contribution in [3.63, 3.8) is 0 Å². The molecule has 1 aliphatic rings. The first-order valence-electron chi connectivity index (χ1n) is 7.51. The van der Waals surface area contributed by atoms with E-state index < -0.39 is 0 Å². The second-order valence-electron chi connectivity index (χ2n) is 5.81. The molecule has 0 spiro atoms. The number of oxazole rings is 1. The summed E-state index contributed by atoms with van der Waals surface area (Å²) < 4.78 is 5.65. The Morgan fingerprint density at radius 2 is 2.13 bits per heavy atom. The molecular formula is C16H23Cl2N3O2. The summed E-state index contributed by atoms with van der Waals surface area (Å²) in [4.78, 5) is 18.7. The molecule has 2 atom stereocenters. The smallest absolute Gasteiger partial charge is 0.223 e. The highest BCUT2D eigenvalue weighted by Gasteiger charge is 2.31. The Kier molecular flexibility index (Phi) is 7.32. The van der Waals surface area contributed by atoms with E-state index in [2.05, 4.69) is 11.9 Å². The molecule has 0 bridgehead atoms. The van der Waals surface area contributed by atoms with E-state index in [0.29, 0.717) is 31.2 Å².